The molecule has 2 aromatic carbocycles. The molecule has 0 spiro atoms. The number of rotatable bonds is 3. The third kappa shape index (κ3) is 3.67. The molecule has 0 radical (unpaired) electrons. The fourth-order valence-corrected chi connectivity index (χ4v) is 5.95. The minimum atomic E-state index is -0.280. The van der Waals surface area contributed by atoms with Crippen LogP contribution in [-0.2, 0) is 9.59 Å². The second-order valence-corrected chi connectivity index (χ2v) is 10.3. The first kappa shape index (κ1) is 21.6. The van der Waals surface area contributed by atoms with Crippen molar-refractivity contribution in [3.63, 3.8) is 0 Å². The predicted octanol–water partition coefficient (Wildman–Crippen LogP) is 5.21. The minimum absolute atomic E-state index is 0.140. The number of hydrogen-bond donors (Lipinski definition) is 0. The van der Waals surface area contributed by atoms with Crippen molar-refractivity contribution in [3.05, 3.63) is 63.5 Å². The lowest BCUT2D eigenvalue weighted by atomic mass is 10.1. The van der Waals surface area contributed by atoms with Gasteiger partial charge in [-0.2, -0.15) is 0 Å². The number of anilines is 2. The van der Waals surface area contributed by atoms with E-state index in [4.69, 9.17) is 23.8 Å². The van der Waals surface area contributed by atoms with Crippen molar-refractivity contribution >= 4 is 68.7 Å². The van der Waals surface area contributed by atoms with Crippen LogP contribution in [0, 0.1) is 6.92 Å². The second kappa shape index (κ2) is 8.63. The Hall–Kier alpha value is -2.19. The smallest absolute Gasteiger partial charge is 0.271 e. The molecule has 0 aromatic heterocycles. The summed E-state index contributed by atoms with van der Waals surface area (Å²) in [5, 5.41) is 0.569. The summed E-state index contributed by atoms with van der Waals surface area (Å²) >= 11 is 13.0. The number of aryl methyl sites for hydroxylation is 1. The Bertz CT molecular complexity index is 1170. The van der Waals surface area contributed by atoms with Crippen molar-refractivity contribution in [1.82, 2.24) is 4.90 Å². The summed E-state index contributed by atoms with van der Waals surface area (Å²) in [6.45, 7) is 4.41. The first-order valence-corrected chi connectivity index (χ1v) is 12.3. The van der Waals surface area contributed by atoms with Crippen molar-refractivity contribution in [1.29, 1.82) is 0 Å². The van der Waals surface area contributed by atoms with E-state index >= 15 is 0 Å². The number of likely N-dealkylation sites (tertiary alicyclic amines) is 1. The van der Waals surface area contributed by atoms with E-state index in [2.05, 4.69) is 4.90 Å². The Morgan fingerprint density at radius 1 is 1.03 bits per heavy atom. The van der Waals surface area contributed by atoms with Gasteiger partial charge in [-0.05, 0) is 56.6 Å². The van der Waals surface area contributed by atoms with Crippen molar-refractivity contribution in [2.75, 3.05) is 29.6 Å². The van der Waals surface area contributed by atoms with Gasteiger partial charge in [-0.15, -0.1) is 0 Å². The maximum atomic E-state index is 13.6. The molecule has 2 fully saturated rings. The van der Waals surface area contributed by atoms with E-state index in [1.54, 1.807) is 11.0 Å². The fraction of sp³-hybridized carbons (Fsp3) is 0.292. The number of carbonyl (C=O) groups excluding carboxylic acids is 2. The minimum Gasteiger partial charge on any atom is -0.294 e. The number of hydrogen-bond acceptors (Lipinski definition) is 5. The fourth-order valence-electron chi connectivity index (χ4n) is 4.40. The number of thioether (sulfide) groups is 1. The van der Waals surface area contributed by atoms with Crippen LogP contribution in [0.15, 0.2) is 47.4 Å². The molecule has 164 valence electrons. The van der Waals surface area contributed by atoms with E-state index in [0.29, 0.717) is 32.2 Å². The highest BCUT2D eigenvalue weighted by atomic mass is 35.5. The topological polar surface area (TPSA) is 43.9 Å². The number of nitrogens with zero attached hydrogens (tertiary/aromatic N) is 3. The molecule has 0 aliphatic carbocycles. The molecule has 0 atom stereocenters. The lowest BCUT2D eigenvalue weighted by molar-refractivity contribution is -0.115. The molecule has 2 amide bonds. The van der Waals surface area contributed by atoms with Gasteiger partial charge in [0.25, 0.3) is 11.8 Å². The molecule has 0 saturated carbocycles. The molecular weight excluding hydrogens is 462 g/mol. The quantitative estimate of drug-likeness (QED) is 0.442. The van der Waals surface area contributed by atoms with Gasteiger partial charge in [-0.1, -0.05) is 66.3 Å². The summed E-state index contributed by atoms with van der Waals surface area (Å²) in [6.07, 6.45) is 3.53. The zero-order valence-electron chi connectivity index (χ0n) is 17.6. The molecule has 32 heavy (non-hydrogen) atoms. The normalized spacial score (nSPS) is 21.6. The summed E-state index contributed by atoms with van der Waals surface area (Å²) in [4.78, 5) is 33.0. The van der Waals surface area contributed by atoms with E-state index in [1.165, 1.54) is 23.1 Å². The van der Waals surface area contributed by atoms with E-state index < -0.39 is 0 Å². The number of amides is 2. The van der Waals surface area contributed by atoms with Gasteiger partial charge in [0.15, 0.2) is 4.32 Å². The van der Waals surface area contributed by atoms with Gasteiger partial charge in [0.2, 0.25) is 0 Å². The summed E-state index contributed by atoms with van der Waals surface area (Å²) in [7, 11) is 0. The van der Waals surface area contributed by atoms with E-state index in [-0.39, 0.29) is 11.8 Å². The molecule has 3 aliphatic rings. The number of carbonyl (C=O) groups is 2. The van der Waals surface area contributed by atoms with Gasteiger partial charge in [-0.3, -0.25) is 24.3 Å². The van der Waals surface area contributed by atoms with Crippen LogP contribution < -0.4 is 9.80 Å². The lowest BCUT2D eigenvalue weighted by Gasteiger charge is -2.30. The van der Waals surface area contributed by atoms with Crippen molar-refractivity contribution in [2.45, 2.75) is 26.2 Å². The first-order valence-electron chi connectivity index (χ1n) is 10.7. The summed E-state index contributed by atoms with van der Waals surface area (Å²) in [6, 6.07) is 13.1. The summed E-state index contributed by atoms with van der Waals surface area (Å²) in [5.74, 6) is -0.419. The molecule has 5 nitrogen and oxygen atoms in total. The Balaban J connectivity index is 1.53. The average molecular weight is 484 g/mol. The van der Waals surface area contributed by atoms with Gasteiger partial charge in [-0.25, -0.2) is 0 Å². The highest BCUT2D eigenvalue weighted by molar-refractivity contribution is 8.27. The molecule has 2 aromatic rings. The largest absolute Gasteiger partial charge is 0.294 e. The zero-order chi connectivity index (χ0) is 22.4. The molecule has 8 heteroatoms. The van der Waals surface area contributed by atoms with Crippen LogP contribution in [0.25, 0.3) is 5.57 Å². The van der Waals surface area contributed by atoms with E-state index in [9.17, 15) is 9.59 Å². The number of thiocarbonyl (C=S) groups is 1. The molecular formula is C24H22ClN3O2S2. The van der Waals surface area contributed by atoms with Crippen LogP contribution in [0.5, 0.6) is 0 Å². The number of para-hydroxylation sites is 1. The van der Waals surface area contributed by atoms with Gasteiger partial charge >= 0.3 is 0 Å². The van der Waals surface area contributed by atoms with Gasteiger partial charge in [0.05, 0.1) is 28.5 Å². The van der Waals surface area contributed by atoms with Crippen molar-refractivity contribution < 1.29 is 9.59 Å². The monoisotopic (exact) mass is 483 g/mol. The average Bonchev–Trinajstić information content (AvgIpc) is 3.23. The second-order valence-electron chi connectivity index (χ2n) is 8.22. The zero-order valence-corrected chi connectivity index (χ0v) is 20.0. The molecule has 0 N–H and O–H groups in total. The lowest BCUT2D eigenvalue weighted by Crippen LogP contribution is -2.42. The van der Waals surface area contributed by atoms with E-state index in [0.717, 1.165) is 42.7 Å². The van der Waals surface area contributed by atoms with Crippen molar-refractivity contribution in [3.8, 4) is 0 Å². The first-order chi connectivity index (χ1) is 15.5. The standard InChI is InChI=1S/C24H22ClN3O2S2/c1-15-9-10-16(13-18(15)25)28-23(30)21(32-24(28)31)20-17-7-3-4-8-19(17)27(22(20)29)14-26-11-5-2-6-12-26/h3-4,7-10,13H,2,5-6,11-12,14H2,1H3/b21-20-. The van der Waals surface area contributed by atoms with Crippen LogP contribution in [0.4, 0.5) is 11.4 Å². The van der Waals surface area contributed by atoms with Crippen LogP contribution in [0.3, 0.4) is 0 Å². The number of piperidine rings is 1. The van der Waals surface area contributed by atoms with Crippen LogP contribution >= 0.6 is 35.6 Å². The molecule has 5 rings (SSSR count). The van der Waals surface area contributed by atoms with Crippen molar-refractivity contribution in [2.24, 2.45) is 0 Å². The highest BCUT2D eigenvalue weighted by Gasteiger charge is 2.42. The molecule has 0 unspecified atom stereocenters. The van der Waals surface area contributed by atoms with Crippen LogP contribution in [0.2, 0.25) is 5.02 Å². The number of benzene rings is 2. The maximum absolute atomic E-state index is 13.6. The SMILES string of the molecule is Cc1ccc(N2C(=O)/C(=C3/C(=O)N(CN4CCCCC4)c4ccccc43)SC2=S)cc1Cl. The van der Waals surface area contributed by atoms with Gasteiger partial charge < -0.3 is 0 Å². The van der Waals surface area contributed by atoms with Gasteiger partial charge in [0.1, 0.15) is 0 Å². The Kier molecular flexibility index (Phi) is 5.84. The maximum Gasteiger partial charge on any atom is 0.271 e. The summed E-state index contributed by atoms with van der Waals surface area (Å²) < 4.78 is 0.400. The molecule has 0 bridgehead atoms. The number of halogens is 1. The van der Waals surface area contributed by atoms with Crippen LogP contribution in [0.1, 0.15) is 30.4 Å². The molecule has 3 heterocycles. The summed E-state index contributed by atoms with van der Waals surface area (Å²) in [5.41, 5.74) is 3.62. The third-order valence-corrected chi connectivity index (χ3v) is 7.90. The molecule has 3 aliphatic heterocycles. The predicted molar refractivity (Wildman–Crippen MR) is 135 cm³/mol. The highest BCUT2D eigenvalue weighted by Crippen LogP contribution is 2.45. The van der Waals surface area contributed by atoms with Gasteiger partial charge in [0, 0.05) is 10.6 Å². The Labute approximate surface area is 202 Å². The third-order valence-electron chi connectivity index (χ3n) is 6.12. The Morgan fingerprint density at radius 3 is 2.53 bits per heavy atom. The molecule has 2 saturated heterocycles. The van der Waals surface area contributed by atoms with E-state index in [1.807, 2.05) is 43.3 Å². The number of fused-ring (bicyclic) bond motifs is 1. The Morgan fingerprint density at radius 2 is 1.78 bits per heavy atom. The van der Waals surface area contributed by atoms with Crippen LogP contribution in [-0.4, -0.2) is 40.8 Å².